The van der Waals surface area contributed by atoms with Crippen LogP contribution in [0.15, 0.2) is 0 Å². The van der Waals surface area contributed by atoms with Crippen molar-refractivity contribution in [1.82, 2.24) is 0 Å². The van der Waals surface area contributed by atoms with E-state index in [4.69, 9.17) is 0 Å². The molecule has 0 aliphatic heterocycles. The fraction of sp³-hybridized carbons (Fsp3) is 0.750. The molecule has 0 unspecified atom stereocenters. The quantitative estimate of drug-likeness (QED) is 0.574. The van der Waals surface area contributed by atoms with Gasteiger partial charge in [-0.1, -0.05) is 26.7 Å². The maximum Gasteiger partial charge on any atom is 3.00 e. The van der Waals surface area contributed by atoms with Crippen LogP contribution in [0.25, 0.3) is 0 Å². The first-order chi connectivity index (χ1) is 3.68. The summed E-state index contributed by atoms with van der Waals surface area (Å²) in [5.41, 5.74) is 0. The molecule has 0 heterocycles. The van der Waals surface area contributed by atoms with Crippen LogP contribution in [0, 0.1) is 19.8 Å². The van der Waals surface area contributed by atoms with Crippen LogP contribution in [0.5, 0.6) is 0 Å². The Morgan fingerprint density at radius 3 is 1.33 bits per heavy atom. The summed E-state index contributed by atoms with van der Waals surface area (Å²) in [6.45, 7) is 13.5. The minimum Gasteiger partial charge on any atom is -0.344 e. The van der Waals surface area contributed by atoms with Crippen molar-refractivity contribution in [3.8, 4) is 0 Å². The van der Waals surface area contributed by atoms with Crippen molar-refractivity contribution in [3.63, 3.8) is 0 Å². The molecule has 0 atom stereocenters. The van der Waals surface area contributed by atoms with Gasteiger partial charge in [-0.15, -0.1) is 0 Å². The Bertz CT molecular complexity index is 25.7. The van der Waals surface area contributed by atoms with Crippen molar-refractivity contribution < 1.29 is 32.7 Å². The molecule has 0 amide bonds. The molecule has 0 aromatic rings. The predicted molar refractivity (Wildman–Crippen MR) is 40.5 cm³/mol. The third-order valence-electron chi connectivity index (χ3n) is 0.577. The molecule has 0 aromatic carbocycles. The summed E-state index contributed by atoms with van der Waals surface area (Å²) < 4.78 is 0. The summed E-state index contributed by atoms with van der Waals surface area (Å²) in [4.78, 5) is 0. The van der Waals surface area contributed by atoms with E-state index in [2.05, 4.69) is 27.7 Å². The van der Waals surface area contributed by atoms with Crippen LogP contribution in [0.4, 0.5) is 0 Å². The standard InChI is InChI=1S/C5H11.C3H7.Y/c1-4-5(2)3;1-3-2;/h5H,1,4H2,2-3H3;1,3H2,2H3;/q2*-1;+3. The van der Waals surface area contributed by atoms with E-state index in [0.717, 1.165) is 18.8 Å². The summed E-state index contributed by atoms with van der Waals surface area (Å²) in [7, 11) is 0. The molecule has 1 heteroatoms. The summed E-state index contributed by atoms with van der Waals surface area (Å²) >= 11 is 0. The van der Waals surface area contributed by atoms with Gasteiger partial charge in [0.05, 0.1) is 0 Å². The third-order valence-corrected chi connectivity index (χ3v) is 0.577. The molecule has 0 aromatic heterocycles. The average Bonchev–Trinajstić information content (AvgIpc) is 1.69. The first-order valence-corrected chi connectivity index (χ1v) is 3.27. The molecule has 52 valence electrons. The fourth-order valence-electron chi connectivity index (χ4n) is 0. The molecule has 0 spiro atoms. The van der Waals surface area contributed by atoms with Gasteiger partial charge in [0.15, 0.2) is 0 Å². The van der Waals surface area contributed by atoms with Crippen molar-refractivity contribution >= 4 is 0 Å². The van der Waals surface area contributed by atoms with Gasteiger partial charge in [0, 0.05) is 0 Å². The number of hydrogen-bond acceptors (Lipinski definition) is 0. The molecule has 0 aliphatic rings. The van der Waals surface area contributed by atoms with Gasteiger partial charge in [0.2, 0.25) is 0 Å². The topological polar surface area (TPSA) is 0 Å². The van der Waals surface area contributed by atoms with E-state index in [1.807, 2.05) is 6.92 Å². The molecule has 0 radical (unpaired) electrons. The molecule has 0 N–H and O–H groups in total. The van der Waals surface area contributed by atoms with Crippen LogP contribution in [0.3, 0.4) is 0 Å². The molecular formula is C8H18Y+. The summed E-state index contributed by atoms with van der Waals surface area (Å²) in [6, 6.07) is 0. The van der Waals surface area contributed by atoms with Gasteiger partial charge < -0.3 is 13.8 Å². The molecule has 9 heavy (non-hydrogen) atoms. The molecule has 0 rings (SSSR count). The third kappa shape index (κ3) is 47.7. The summed E-state index contributed by atoms with van der Waals surface area (Å²) in [6.07, 6.45) is 2.06. The van der Waals surface area contributed by atoms with Gasteiger partial charge in [-0.2, -0.15) is 12.8 Å². The second kappa shape index (κ2) is 16.0. The molecule has 0 fully saturated rings. The largest absolute Gasteiger partial charge is 3.00 e. The van der Waals surface area contributed by atoms with Crippen LogP contribution in [0.1, 0.15) is 33.6 Å². The van der Waals surface area contributed by atoms with E-state index in [1.54, 1.807) is 0 Å². The Kier molecular flexibility index (Phi) is 29.6. The zero-order valence-electron chi connectivity index (χ0n) is 6.98. The normalized spacial score (nSPS) is 7.33. The Labute approximate surface area is 85.7 Å². The van der Waals surface area contributed by atoms with Crippen molar-refractivity contribution in [1.29, 1.82) is 0 Å². The van der Waals surface area contributed by atoms with E-state index >= 15 is 0 Å². The van der Waals surface area contributed by atoms with Crippen LogP contribution in [-0.4, -0.2) is 0 Å². The fourth-order valence-corrected chi connectivity index (χ4v) is 0. The van der Waals surface area contributed by atoms with E-state index in [9.17, 15) is 0 Å². The first kappa shape index (κ1) is 16.6. The van der Waals surface area contributed by atoms with E-state index in [1.165, 1.54) is 0 Å². The van der Waals surface area contributed by atoms with E-state index < -0.39 is 0 Å². The van der Waals surface area contributed by atoms with Gasteiger partial charge in [0.1, 0.15) is 0 Å². The van der Waals surface area contributed by atoms with Crippen LogP contribution >= 0.6 is 0 Å². The molecule has 0 saturated heterocycles. The summed E-state index contributed by atoms with van der Waals surface area (Å²) in [5, 5.41) is 0. The first-order valence-electron chi connectivity index (χ1n) is 3.27. The maximum atomic E-state index is 3.69. The molecule has 0 saturated carbocycles. The second-order valence-corrected chi connectivity index (χ2v) is 2.18. The monoisotopic (exact) mass is 203 g/mol. The van der Waals surface area contributed by atoms with Crippen molar-refractivity contribution in [2.24, 2.45) is 5.92 Å². The maximum absolute atomic E-state index is 3.69. The van der Waals surface area contributed by atoms with E-state index in [-0.39, 0.29) is 32.7 Å². The Balaban J connectivity index is -0.0000000800. The van der Waals surface area contributed by atoms with Crippen molar-refractivity contribution in [3.05, 3.63) is 13.8 Å². The minimum atomic E-state index is 0. The Morgan fingerprint density at radius 2 is 1.33 bits per heavy atom. The van der Waals surface area contributed by atoms with Crippen LogP contribution < -0.4 is 0 Å². The van der Waals surface area contributed by atoms with Gasteiger partial charge in [-0.3, -0.25) is 0 Å². The van der Waals surface area contributed by atoms with Crippen LogP contribution in [-0.2, 0) is 32.7 Å². The number of rotatable bonds is 1. The summed E-state index contributed by atoms with van der Waals surface area (Å²) in [5.74, 6) is 0.773. The average molecular weight is 203 g/mol. The van der Waals surface area contributed by atoms with Gasteiger partial charge in [0.25, 0.3) is 0 Å². The predicted octanol–water partition coefficient (Wildman–Crippen LogP) is 3.09. The van der Waals surface area contributed by atoms with Gasteiger partial charge in [-0.05, 0) is 0 Å². The zero-order valence-corrected chi connectivity index (χ0v) is 9.82. The minimum absolute atomic E-state index is 0. The second-order valence-electron chi connectivity index (χ2n) is 2.18. The van der Waals surface area contributed by atoms with E-state index in [0.29, 0.717) is 0 Å². The van der Waals surface area contributed by atoms with Gasteiger partial charge in [-0.25, -0.2) is 0 Å². The molecular weight excluding hydrogens is 185 g/mol. The van der Waals surface area contributed by atoms with Crippen molar-refractivity contribution in [2.75, 3.05) is 0 Å². The molecule has 0 nitrogen and oxygen atoms in total. The van der Waals surface area contributed by atoms with Gasteiger partial charge >= 0.3 is 32.7 Å². The van der Waals surface area contributed by atoms with Crippen molar-refractivity contribution in [2.45, 2.75) is 33.6 Å². The smallest absolute Gasteiger partial charge is 0.344 e. The Morgan fingerprint density at radius 1 is 1.22 bits per heavy atom. The SMILES string of the molecule is [CH2-]CC.[CH2-]CC(C)C.[Y+3]. The molecule has 0 aliphatic carbocycles. The zero-order chi connectivity index (χ0) is 6.99. The number of hydrogen-bond donors (Lipinski definition) is 0. The van der Waals surface area contributed by atoms with Crippen LogP contribution in [0.2, 0.25) is 0 Å². The Hall–Kier alpha value is 1.10. The molecule has 0 bridgehead atoms.